The fourth-order valence-corrected chi connectivity index (χ4v) is 2.78. The molecule has 6 nitrogen and oxygen atoms in total. The number of fused-ring (bicyclic) bond motifs is 1. The van der Waals surface area contributed by atoms with Gasteiger partial charge in [0.25, 0.3) is 5.56 Å². The van der Waals surface area contributed by atoms with Gasteiger partial charge in [-0.2, -0.15) is 0 Å². The topological polar surface area (TPSA) is 84.0 Å². The summed E-state index contributed by atoms with van der Waals surface area (Å²) in [5.74, 6) is -0.426. The summed E-state index contributed by atoms with van der Waals surface area (Å²) in [4.78, 5) is 38.6. The minimum Gasteiger partial charge on any atom is -0.325 e. The molecule has 3 aromatic rings. The van der Waals surface area contributed by atoms with E-state index < -0.39 is 17.2 Å². The molecular weight excluding hydrogens is 290 g/mol. The Kier molecular flexibility index (Phi) is 3.41. The third-order valence-electron chi connectivity index (χ3n) is 2.95. The van der Waals surface area contributed by atoms with Crippen LogP contribution in [0.2, 0.25) is 0 Å². The molecule has 0 aliphatic heterocycles. The second-order valence-electron chi connectivity index (χ2n) is 4.40. The number of amides is 1. The zero-order valence-electron chi connectivity index (χ0n) is 10.8. The van der Waals surface area contributed by atoms with Gasteiger partial charge >= 0.3 is 5.69 Å². The molecule has 2 heterocycles. The monoisotopic (exact) mass is 301 g/mol. The summed E-state index contributed by atoms with van der Waals surface area (Å²) in [5, 5.41) is 4.36. The fourth-order valence-electron chi connectivity index (χ4n) is 1.98. The van der Waals surface area contributed by atoms with Gasteiger partial charge < -0.3 is 10.3 Å². The van der Waals surface area contributed by atoms with Crippen LogP contribution >= 0.6 is 11.3 Å². The van der Waals surface area contributed by atoms with E-state index in [9.17, 15) is 14.4 Å². The van der Waals surface area contributed by atoms with Crippen LogP contribution in [0.1, 0.15) is 0 Å². The number of hydrogen-bond acceptors (Lipinski definition) is 4. The van der Waals surface area contributed by atoms with Gasteiger partial charge in [-0.25, -0.2) is 9.36 Å². The molecule has 106 valence electrons. The van der Waals surface area contributed by atoms with Crippen molar-refractivity contribution < 1.29 is 4.79 Å². The lowest BCUT2D eigenvalue weighted by atomic mass is 10.3. The van der Waals surface area contributed by atoms with Crippen LogP contribution in [0.25, 0.3) is 10.2 Å². The van der Waals surface area contributed by atoms with Gasteiger partial charge in [-0.05, 0) is 23.6 Å². The predicted molar refractivity (Wildman–Crippen MR) is 81.8 cm³/mol. The van der Waals surface area contributed by atoms with Crippen molar-refractivity contribution in [2.75, 3.05) is 5.32 Å². The quantitative estimate of drug-likeness (QED) is 0.766. The second kappa shape index (κ2) is 5.37. The number of rotatable bonds is 3. The van der Waals surface area contributed by atoms with Gasteiger partial charge in [-0.3, -0.25) is 9.59 Å². The summed E-state index contributed by atoms with van der Waals surface area (Å²) in [6.45, 7) is -0.323. The second-order valence-corrected chi connectivity index (χ2v) is 5.32. The summed E-state index contributed by atoms with van der Waals surface area (Å²) in [6.07, 6.45) is 0. The maximum atomic E-state index is 12.2. The molecule has 0 saturated carbocycles. The Morgan fingerprint density at radius 3 is 2.71 bits per heavy atom. The molecule has 7 heteroatoms. The number of nitrogens with one attached hydrogen (secondary N) is 2. The molecule has 0 aliphatic carbocycles. The van der Waals surface area contributed by atoms with E-state index in [4.69, 9.17) is 0 Å². The van der Waals surface area contributed by atoms with Crippen molar-refractivity contribution in [3.05, 3.63) is 62.6 Å². The Labute approximate surface area is 122 Å². The van der Waals surface area contributed by atoms with E-state index in [1.54, 1.807) is 35.7 Å². The van der Waals surface area contributed by atoms with Crippen LogP contribution in [0.5, 0.6) is 0 Å². The highest BCUT2D eigenvalue weighted by atomic mass is 32.1. The van der Waals surface area contributed by atoms with Gasteiger partial charge in [0.15, 0.2) is 0 Å². The molecule has 0 bridgehead atoms. The van der Waals surface area contributed by atoms with E-state index in [1.807, 2.05) is 6.07 Å². The van der Waals surface area contributed by atoms with Gasteiger partial charge in [-0.1, -0.05) is 18.2 Å². The smallest absolute Gasteiger partial charge is 0.325 e. The number of hydrogen-bond donors (Lipinski definition) is 2. The first-order valence-electron chi connectivity index (χ1n) is 6.20. The van der Waals surface area contributed by atoms with Crippen LogP contribution in [0.15, 0.2) is 51.4 Å². The number of anilines is 1. The van der Waals surface area contributed by atoms with E-state index >= 15 is 0 Å². The Hall–Kier alpha value is -2.67. The molecule has 1 amide bonds. The molecule has 0 spiro atoms. The molecular formula is C14H11N3O3S. The molecule has 2 aromatic heterocycles. The lowest BCUT2D eigenvalue weighted by Crippen LogP contribution is -2.38. The van der Waals surface area contributed by atoms with Crippen LogP contribution < -0.4 is 16.6 Å². The Balaban J connectivity index is 1.90. The van der Waals surface area contributed by atoms with Crippen LogP contribution in [0.3, 0.4) is 0 Å². The van der Waals surface area contributed by atoms with Crippen molar-refractivity contribution in [3.63, 3.8) is 0 Å². The first kappa shape index (κ1) is 13.3. The lowest BCUT2D eigenvalue weighted by Gasteiger charge is -2.06. The van der Waals surface area contributed by atoms with Crippen molar-refractivity contribution in [3.8, 4) is 0 Å². The largest absolute Gasteiger partial charge is 0.329 e. The van der Waals surface area contributed by atoms with Crippen LogP contribution in [0.4, 0.5) is 5.69 Å². The first-order valence-corrected chi connectivity index (χ1v) is 7.08. The van der Waals surface area contributed by atoms with Gasteiger partial charge in [0.1, 0.15) is 11.2 Å². The molecule has 21 heavy (non-hydrogen) atoms. The number of para-hydroxylation sites is 1. The number of H-pyrrole nitrogens is 1. The highest BCUT2D eigenvalue weighted by molar-refractivity contribution is 7.17. The summed E-state index contributed by atoms with van der Waals surface area (Å²) in [6, 6.07) is 10.5. The van der Waals surface area contributed by atoms with Crippen molar-refractivity contribution in [2.24, 2.45) is 0 Å². The zero-order chi connectivity index (χ0) is 14.8. The SMILES string of the molecule is O=C(Cn1c(=O)[nH]c2ccsc2c1=O)Nc1ccccc1. The summed E-state index contributed by atoms with van der Waals surface area (Å²) in [5.41, 5.74) is 0.0694. The Bertz CT molecular complexity index is 908. The number of carbonyl (C=O) groups excluding carboxylic acids is 1. The lowest BCUT2D eigenvalue weighted by molar-refractivity contribution is -0.116. The molecule has 0 fully saturated rings. The van der Waals surface area contributed by atoms with Crippen molar-refractivity contribution in [1.29, 1.82) is 0 Å². The van der Waals surface area contributed by atoms with Crippen LogP contribution in [-0.2, 0) is 11.3 Å². The number of carbonyl (C=O) groups is 1. The maximum Gasteiger partial charge on any atom is 0.329 e. The average molecular weight is 301 g/mol. The molecule has 1 aromatic carbocycles. The summed E-state index contributed by atoms with van der Waals surface area (Å²) in [7, 11) is 0. The van der Waals surface area contributed by atoms with Crippen molar-refractivity contribution >= 4 is 33.1 Å². The van der Waals surface area contributed by atoms with Gasteiger partial charge in [0.2, 0.25) is 5.91 Å². The van der Waals surface area contributed by atoms with E-state index in [-0.39, 0.29) is 6.54 Å². The van der Waals surface area contributed by atoms with E-state index in [2.05, 4.69) is 10.3 Å². The van der Waals surface area contributed by atoms with E-state index in [0.29, 0.717) is 15.9 Å². The number of aromatic nitrogens is 2. The summed E-state index contributed by atoms with van der Waals surface area (Å²) >= 11 is 1.23. The van der Waals surface area contributed by atoms with Crippen molar-refractivity contribution in [1.82, 2.24) is 9.55 Å². The molecule has 2 N–H and O–H groups in total. The first-order chi connectivity index (χ1) is 10.1. The molecule has 0 aliphatic rings. The average Bonchev–Trinajstić information content (AvgIpc) is 2.93. The number of thiophene rings is 1. The molecule has 0 atom stereocenters. The van der Waals surface area contributed by atoms with E-state index in [0.717, 1.165) is 4.57 Å². The Morgan fingerprint density at radius 2 is 1.95 bits per heavy atom. The minimum atomic E-state index is -0.589. The van der Waals surface area contributed by atoms with Gasteiger partial charge in [-0.15, -0.1) is 11.3 Å². The molecule has 0 radical (unpaired) electrons. The van der Waals surface area contributed by atoms with E-state index in [1.165, 1.54) is 11.3 Å². The number of benzene rings is 1. The highest BCUT2D eigenvalue weighted by Gasteiger charge is 2.12. The van der Waals surface area contributed by atoms with Crippen LogP contribution in [0, 0.1) is 0 Å². The molecule has 0 unspecified atom stereocenters. The predicted octanol–water partition coefficient (Wildman–Crippen LogP) is 1.39. The zero-order valence-corrected chi connectivity index (χ0v) is 11.6. The molecule has 3 rings (SSSR count). The van der Waals surface area contributed by atoms with Crippen LogP contribution in [-0.4, -0.2) is 15.5 Å². The normalized spacial score (nSPS) is 10.7. The summed E-state index contributed by atoms with van der Waals surface area (Å²) < 4.78 is 1.33. The third kappa shape index (κ3) is 2.63. The van der Waals surface area contributed by atoms with Crippen molar-refractivity contribution in [2.45, 2.75) is 6.54 Å². The number of aromatic amines is 1. The minimum absolute atomic E-state index is 0.323. The standard InChI is InChI=1S/C14H11N3O3S/c18-11(15-9-4-2-1-3-5-9)8-17-13(19)12-10(6-7-21-12)16-14(17)20/h1-7H,8H2,(H,15,18)(H,16,20). The van der Waals surface area contributed by atoms with Gasteiger partial charge in [0, 0.05) is 5.69 Å². The third-order valence-corrected chi connectivity index (χ3v) is 3.85. The number of nitrogens with zero attached hydrogens (tertiary/aromatic N) is 1. The van der Waals surface area contributed by atoms with Gasteiger partial charge in [0.05, 0.1) is 5.52 Å². The highest BCUT2D eigenvalue weighted by Crippen LogP contribution is 2.12. The fraction of sp³-hybridized carbons (Fsp3) is 0.0714. The maximum absolute atomic E-state index is 12.2. The molecule has 0 saturated heterocycles. The Morgan fingerprint density at radius 1 is 1.19 bits per heavy atom.